The number of hydrogen-bond acceptors (Lipinski definition) is 2. The van der Waals surface area contributed by atoms with Crippen LogP contribution in [0.4, 0.5) is 0 Å². The SMILES string of the molecule is CC(C)[C@H]1CC[C@H](C)C[C@@H]1OC1CCCCO1. The highest BCUT2D eigenvalue weighted by Crippen LogP contribution is 2.36. The summed E-state index contributed by atoms with van der Waals surface area (Å²) in [5.74, 6) is 2.28. The zero-order chi connectivity index (χ0) is 12.3. The van der Waals surface area contributed by atoms with Gasteiger partial charge in [-0.3, -0.25) is 0 Å². The predicted molar refractivity (Wildman–Crippen MR) is 69.8 cm³/mol. The largest absolute Gasteiger partial charge is 0.353 e. The third-order valence-corrected chi connectivity index (χ3v) is 4.43. The summed E-state index contributed by atoms with van der Waals surface area (Å²) in [4.78, 5) is 0. The minimum Gasteiger partial charge on any atom is -0.353 e. The fraction of sp³-hybridized carbons (Fsp3) is 1.00. The average molecular weight is 240 g/mol. The molecule has 2 aliphatic rings. The van der Waals surface area contributed by atoms with Gasteiger partial charge in [-0.15, -0.1) is 0 Å². The summed E-state index contributed by atoms with van der Waals surface area (Å²) in [5, 5.41) is 0. The van der Waals surface area contributed by atoms with Crippen LogP contribution in [0.2, 0.25) is 0 Å². The Hall–Kier alpha value is -0.0800. The normalized spacial score (nSPS) is 39.5. The van der Waals surface area contributed by atoms with Gasteiger partial charge in [-0.25, -0.2) is 0 Å². The Morgan fingerprint density at radius 1 is 1.12 bits per heavy atom. The van der Waals surface area contributed by atoms with E-state index in [1.54, 1.807) is 0 Å². The lowest BCUT2D eigenvalue weighted by molar-refractivity contribution is -0.210. The van der Waals surface area contributed by atoms with Crippen molar-refractivity contribution in [3.63, 3.8) is 0 Å². The van der Waals surface area contributed by atoms with Crippen molar-refractivity contribution in [2.45, 2.75) is 71.7 Å². The molecule has 0 amide bonds. The van der Waals surface area contributed by atoms with E-state index in [1.807, 2.05) is 0 Å². The van der Waals surface area contributed by atoms with E-state index in [-0.39, 0.29) is 6.29 Å². The van der Waals surface area contributed by atoms with Gasteiger partial charge in [-0.05, 0) is 49.9 Å². The highest BCUT2D eigenvalue weighted by Gasteiger charge is 2.33. The van der Waals surface area contributed by atoms with Crippen LogP contribution in [-0.2, 0) is 9.47 Å². The third kappa shape index (κ3) is 3.69. The highest BCUT2D eigenvalue weighted by atomic mass is 16.7. The van der Waals surface area contributed by atoms with Gasteiger partial charge in [-0.2, -0.15) is 0 Å². The van der Waals surface area contributed by atoms with Gasteiger partial charge in [-0.1, -0.05) is 27.2 Å². The fourth-order valence-electron chi connectivity index (χ4n) is 3.28. The van der Waals surface area contributed by atoms with E-state index in [0.29, 0.717) is 6.10 Å². The van der Waals surface area contributed by atoms with Crippen molar-refractivity contribution in [2.75, 3.05) is 6.61 Å². The van der Waals surface area contributed by atoms with E-state index in [1.165, 1.54) is 32.1 Å². The molecule has 1 unspecified atom stereocenters. The van der Waals surface area contributed by atoms with Crippen LogP contribution in [-0.4, -0.2) is 19.0 Å². The topological polar surface area (TPSA) is 18.5 Å². The van der Waals surface area contributed by atoms with Crippen LogP contribution >= 0.6 is 0 Å². The second-order valence-corrected chi connectivity index (χ2v) is 6.30. The summed E-state index contributed by atoms with van der Waals surface area (Å²) in [6.07, 6.45) is 8.00. The summed E-state index contributed by atoms with van der Waals surface area (Å²) in [5.41, 5.74) is 0. The molecule has 0 aromatic heterocycles. The molecule has 17 heavy (non-hydrogen) atoms. The van der Waals surface area contributed by atoms with Crippen molar-refractivity contribution in [1.29, 1.82) is 0 Å². The maximum absolute atomic E-state index is 6.25. The van der Waals surface area contributed by atoms with Crippen LogP contribution < -0.4 is 0 Å². The van der Waals surface area contributed by atoms with Gasteiger partial charge in [0.25, 0.3) is 0 Å². The van der Waals surface area contributed by atoms with Crippen molar-refractivity contribution >= 4 is 0 Å². The third-order valence-electron chi connectivity index (χ3n) is 4.43. The monoisotopic (exact) mass is 240 g/mol. The van der Waals surface area contributed by atoms with Gasteiger partial charge in [0.2, 0.25) is 0 Å². The lowest BCUT2D eigenvalue weighted by Gasteiger charge is -2.39. The molecule has 0 aromatic carbocycles. The van der Waals surface area contributed by atoms with E-state index in [4.69, 9.17) is 9.47 Å². The Kier molecular flexibility index (Phi) is 4.87. The smallest absolute Gasteiger partial charge is 0.157 e. The number of ether oxygens (including phenoxy) is 2. The molecule has 4 atom stereocenters. The fourth-order valence-corrected chi connectivity index (χ4v) is 3.28. The zero-order valence-electron chi connectivity index (χ0n) is 11.7. The highest BCUT2D eigenvalue weighted by molar-refractivity contribution is 4.81. The van der Waals surface area contributed by atoms with Crippen molar-refractivity contribution in [1.82, 2.24) is 0 Å². The molecular formula is C15H28O2. The van der Waals surface area contributed by atoms with Gasteiger partial charge in [0.1, 0.15) is 0 Å². The maximum Gasteiger partial charge on any atom is 0.157 e. The quantitative estimate of drug-likeness (QED) is 0.742. The Morgan fingerprint density at radius 2 is 1.94 bits per heavy atom. The summed E-state index contributed by atoms with van der Waals surface area (Å²) in [7, 11) is 0. The van der Waals surface area contributed by atoms with Crippen LogP contribution in [0.3, 0.4) is 0 Å². The first-order valence-electron chi connectivity index (χ1n) is 7.44. The van der Waals surface area contributed by atoms with E-state index in [2.05, 4.69) is 20.8 Å². The first-order valence-corrected chi connectivity index (χ1v) is 7.44. The number of hydrogen-bond donors (Lipinski definition) is 0. The molecule has 1 saturated heterocycles. The molecule has 2 fully saturated rings. The van der Waals surface area contributed by atoms with Crippen LogP contribution in [0.25, 0.3) is 0 Å². The van der Waals surface area contributed by atoms with Gasteiger partial charge < -0.3 is 9.47 Å². The number of rotatable bonds is 3. The second kappa shape index (κ2) is 6.19. The Balaban J connectivity index is 1.89. The van der Waals surface area contributed by atoms with Crippen LogP contribution in [0.5, 0.6) is 0 Å². The molecule has 1 saturated carbocycles. The lowest BCUT2D eigenvalue weighted by Crippen LogP contribution is -2.38. The molecular weight excluding hydrogens is 212 g/mol. The van der Waals surface area contributed by atoms with E-state index >= 15 is 0 Å². The molecule has 2 heteroatoms. The van der Waals surface area contributed by atoms with E-state index in [9.17, 15) is 0 Å². The Labute approximate surface area is 106 Å². The van der Waals surface area contributed by atoms with Gasteiger partial charge in [0.15, 0.2) is 6.29 Å². The van der Waals surface area contributed by atoms with Gasteiger partial charge in [0, 0.05) is 6.61 Å². The van der Waals surface area contributed by atoms with Crippen LogP contribution in [0.1, 0.15) is 59.3 Å². The Bertz CT molecular complexity index is 221. The van der Waals surface area contributed by atoms with Gasteiger partial charge >= 0.3 is 0 Å². The van der Waals surface area contributed by atoms with Crippen LogP contribution in [0.15, 0.2) is 0 Å². The molecule has 100 valence electrons. The van der Waals surface area contributed by atoms with E-state index in [0.717, 1.165) is 30.8 Å². The standard InChI is InChI=1S/C15H28O2/c1-11(2)13-8-7-12(3)10-14(13)17-15-6-4-5-9-16-15/h11-15H,4-10H2,1-3H3/t12-,13+,14-,15?/m0/s1. The molecule has 0 radical (unpaired) electrons. The molecule has 0 N–H and O–H groups in total. The molecule has 2 nitrogen and oxygen atoms in total. The molecule has 1 heterocycles. The molecule has 0 bridgehead atoms. The summed E-state index contributed by atoms with van der Waals surface area (Å²) in [6, 6.07) is 0. The Morgan fingerprint density at radius 3 is 2.59 bits per heavy atom. The molecule has 0 spiro atoms. The molecule has 0 aromatic rings. The summed E-state index contributed by atoms with van der Waals surface area (Å²) < 4.78 is 12.0. The molecule has 1 aliphatic carbocycles. The van der Waals surface area contributed by atoms with E-state index < -0.39 is 0 Å². The predicted octanol–water partition coefficient (Wildman–Crippen LogP) is 3.99. The minimum absolute atomic E-state index is 0.0836. The van der Waals surface area contributed by atoms with Crippen LogP contribution in [0, 0.1) is 17.8 Å². The average Bonchev–Trinajstić information content (AvgIpc) is 2.30. The molecule has 1 aliphatic heterocycles. The zero-order valence-corrected chi connectivity index (χ0v) is 11.7. The first kappa shape index (κ1) is 13.4. The lowest BCUT2D eigenvalue weighted by atomic mass is 9.75. The summed E-state index contributed by atoms with van der Waals surface area (Å²) in [6.45, 7) is 7.91. The maximum atomic E-state index is 6.25. The van der Waals surface area contributed by atoms with Gasteiger partial charge in [0.05, 0.1) is 6.10 Å². The minimum atomic E-state index is 0.0836. The van der Waals surface area contributed by atoms with Crippen molar-refractivity contribution in [2.24, 2.45) is 17.8 Å². The first-order chi connectivity index (χ1) is 8.16. The van der Waals surface area contributed by atoms with Crippen molar-refractivity contribution < 1.29 is 9.47 Å². The summed E-state index contributed by atoms with van der Waals surface area (Å²) >= 11 is 0. The molecule has 2 rings (SSSR count). The van der Waals surface area contributed by atoms with Crippen molar-refractivity contribution in [3.05, 3.63) is 0 Å². The van der Waals surface area contributed by atoms with Crippen molar-refractivity contribution in [3.8, 4) is 0 Å². The second-order valence-electron chi connectivity index (χ2n) is 6.30.